The van der Waals surface area contributed by atoms with Gasteiger partial charge in [0.1, 0.15) is 10.0 Å². The predicted octanol–water partition coefficient (Wildman–Crippen LogP) is 2.71. The Morgan fingerprint density at radius 2 is 2.21 bits per heavy atom. The fourth-order valence-electron chi connectivity index (χ4n) is 1.67. The van der Waals surface area contributed by atoms with Crippen LogP contribution in [0.15, 0.2) is 40.7 Å². The van der Waals surface area contributed by atoms with Crippen molar-refractivity contribution in [2.75, 3.05) is 0 Å². The summed E-state index contributed by atoms with van der Waals surface area (Å²) in [6, 6.07) is 6.70. The molecule has 0 aliphatic rings. The molecule has 0 saturated heterocycles. The van der Waals surface area contributed by atoms with Crippen LogP contribution in [0.25, 0.3) is 0 Å². The van der Waals surface area contributed by atoms with E-state index in [1.807, 2.05) is 24.4 Å². The molecule has 0 fully saturated rings. The van der Waals surface area contributed by atoms with E-state index in [-0.39, 0.29) is 16.1 Å². The zero-order valence-electron chi connectivity index (χ0n) is 10.2. The Kier molecular flexibility index (Phi) is 4.57. The molecule has 0 spiro atoms. The third kappa shape index (κ3) is 3.76. The molecule has 7 heteroatoms. The Balaban J connectivity index is 2.11. The van der Waals surface area contributed by atoms with Gasteiger partial charge in [-0.15, -0.1) is 11.3 Å². The monoisotopic (exact) mass is 316 g/mol. The summed E-state index contributed by atoms with van der Waals surface area (Å²) >= 11 is 7.41. The third-order valence-corrected chi connectivity index (χ3v) is 5.39. The Morgan fingerprint density at radius 1 is 1.42 bits per heavy atom. The summed E-state index contributed by atoms with van der Waals surface area (Å²) in [4.78, 5) is 4.92. The van der Waals surface area contributed by atoms with E-state index >= 15 is 0 Å². The van der Waals surface area contributed by atoms with Gasteiger partial charge in [-0.1, -0.05) is 17.7 Å². The van der Waals surface area contributed by atoms with Crippen LogP contribution in [-0.4, -0.2) is 19.4 Å². The van der Waals surface area contributed by atoms with Crippen molar-refractivity contribution in [2.45, 2.75) is 24.3 Å². The molecular formula is C12H13ClN2O2S2. The van der Waals surface area contributed by atoms with E-state index in [9.17, 15) is 8.42 Å². The van der Waals surface area contributed by atoms with E-state index in [0.717, 1.165) is 4.88 Å². The summed E-state index contributed by atoms with van der Waals surface area (Å²) in [5.74, 6) is 0. The van der Waals surface area contributed by atoms with Crippen molar-refractivity contribution in [2.24, 2.45) is 0 Å². The van der Waals surface area contributed by atoms with Crippen LogP contribution < -0.4 is 4.72 Å². The molecule has 0 saturated carbocycles. The van der Waals surface area contributed by atoms with Crippen LogP contribution in [-0.2, 0) is 16.4 Å². The number of thiophene rings is 1. The molecule has 2 rings (SSSR count). The molecule has 0 bridgehead atoms. The first kappa shape index (κ1) is 14.5. The smallest absolute Gasteiger partial charge is 0.243 e. The molecule has 1 atom stereocenters. The van der Waals surface area contributed by atoms with E-state index in [4.69, 9.17) is 11.6 Å². The second-order valence-electron chi connectivity index (χ2n) is 4.10. The van der Waals surface area contributed by atoms with Crippen molar-refractivity contribution in [3.05, 3.63) is 45.9 Å². The minimum Gasteiger partial charge on any atom is -0.243 e. The highest BCUT2D eigenvalue weighted by Crippen LogP contribution is 2.19. The van der Waals surface area contributed by atoms with Crippen LogP contribution in [0.3, 0.4) is 0 Å². The number of rotatable bonds is 5. The molecular weight excluding hydrogens is 304 g/mol. The lowest BCUT2D eigenvalue weighted by molar-refractivity contribution is 0.560. The van der Waals surface area contributed by atoms with Crippen LogP contribution in [0, 0.1) is 0 Å². The molecule has 102 valence electrons. The Labute approximate surface area is 121 Å². The average Bonchev–Trinajstić information content (AvgIpc) is 2.81. The van der Waals surface area contributed by atoms with Gasteiger partial charge in [0.25, 0.3) is 0 Å². The SMILES string of the molecule is CC(Cc1cccs1)NS(=O)(=O)c1cccnc1Cl. The number of pyridine rings is 1. The van der Waals surface area contributed by atoms with E-state index < -0.39 is 10.0 Å². The zero-order chi connectivity index (χ0) is 13.9. The summed E-state index contributed by atoms with van der Waals surface area (Å²) in [5.41, 5.74) is 0. The van der Waals surface area contributed by atoms with Gasteiger partial charge in [-0.25, -0.2) is 18.1 Å². The van der Waals surface area contributed by atoms with Crippen molar-refractivity contribution in [1.29, 1.82) is 0 Å². The van der Waals surface area contributed by atoms with E-state index in [1.165, 1.54) is 12.3 Å². The van der Waals surface area contributed by atoms with Crippen molar-refractivity contribution in [3.63, 3.8) is 0 Å². The van der Waals surface area contributed by atoms with E-state index in [0.29, 0.717) is 6.42 Å². The van der Waals surface area contributed by atoms with Gasteiger partial charge in [-0.05, 0) is 36.9 Å². The van der Waals surface area contributed by atoms with Crippen LogP contribution in [0.4, 0.5) is 0 Å². The summed E-state index contributed by atoms with van der Waals surface area (Å²) in [6.45, 7) is 1.82. The van der Waals surface area contributed by atoms with E-state index in [1.54, 1.807) is 17.4 Å². The second-order valence-corrected chi connectivity index (χ2v) is 7.17. The molecule has 0 amide bonds. The van der Waals surface area contributed by atoms with Gasteiger partial charge in [0.05, 0.1) is 0 Å². The number of halogens is 1. The van der Waals surface area contributed by atoms with Crippen LogP contribution >= 0.6 is 22.9 Å². The van der Waals surface area contributed by atoms with Crippen molar-refractivity contribution in [1.82, 2.24) is 9.71 Å². The average molecular weight is 317 g/mol. The minimum atomic E-state index is -3.63. The first-order valence-electron chi connectivity index (χ1n) is 5.64. The standard InChI is InChI=1S/C12H13ClN2O2S2/c1-9(8-10-4-3-7-18-10)15-19(16,17)11-5-2-6-14-12(11)13/h2-7,9,15H,8H2,1H3. The lowest BCUT2D eigenvalue weighted by atomic mass is 10.2. The Hall–Kier alpha value is -0.950. The van der Waals surface area contributed by atoms with Crippen molar-refractivity contribution in [3.8, 4) is 0 Å². The van der Waals surface area contributed by atoms with Crippen LogP contribution in [0.5, 0.6) is 0 Å². The fraction of sp³-hybridized carbons (Fsp3) is 0.250. The predicted molar refractivity (Wildman–Crippen MR) is 77.1 cm³/mol. The normalized spacial score (nSPS) is 13.4. The van der Waals surface area contributed by atoms with Crippen LogP contribution in [0.1, 0.15) is 11.8 Å². The minimum absolute atomic E-state index is 0.00898. The molecule has 2 aromatic rings. The van der Waals surface area contributed by atoms with Crippen molar-refractivity contribution >= 4 is 33.0 Å². The molecule has 0 radical (unpaired) electrons. The van der Waals surface area contributed by atoms with Gasteiger partial charge in [-0.2, -0.15) is 0 Å². The molecule has 2 aromatic heterocycles. The first-order chi connectivity index (χ1) is 8.99. The fourth-order valence-corrected chi connectivity index (χ4v) is 4.20. The van der Waals surface area contributed by atoms with E-state index in [2.05, 4.69) is 9.71 Å². The number of hydrogen-bond donors (Lipinski definition) is 1. The van der Waals surface area contributed by atoms with Gasteiger partial charge in [0.15, 0.2) is 0 Å². The lowest BCUT2D eigenvalue weighted by Gasteiger charge is -2.13. The van der Waals surface area contributed by atoms with Gasteiger partial charge in [0.2, 0.25) is 10.0 Å². The summed E-state index contributed by atoms with van der Waals surface area (Å²) < 4.78 is 26.9. The Bertz CT molecular complexity index is 642. The van der Waals surface area contributed by atoms with Gasteiger partial charge >= 0.3 is 0 Å². The molecule has 0 aromatic carbocycles. The lowest BCUT2D eigenvalue weighted by Crippen LogP contribution is -2.34. The first-order valence-corrected chi connectivity index (χ1v) is 8.38. The highest BCUT2D eigenvalue weighted by molar-refractivity contribution is 7.89. The molecule has 2 heterocycles. The number of aromatic nitrogens is 1. The molecule has 19 heavy (non-hydrogen) atoms. The maximum Gasteiger partial charge on any atom is 0.243 e. The zero-order valence-corrected chi connectivity index (χ0v) is 12.6. The second kappa shape index (κ2) is 6.00. The van der Waals surface area contributed by atoms with Gasteiger partial charge < -0.3 is 0 Å². The third-order valence-electron chi connectivity index (χ3n) is 2.46. The summed E-state index contributed by atoms with van der Waals surface area (Å²) in [6.07, 6.45) is 2.10. The summed E-state index contributed by atoms with van der Waals surface area (Å²) in [7, 11) is -3.63. The maximum absolute atomic E-state index is 12.2. The molecule has 0 aliphatic heterocycles. The topological polar surface area (TPSA) is 59.1 Å². The Morgan fingerprint density at radius 3 is 2.84 bits per heavy atom. The maximum atomic E-state index is 12.2. The number of sulfonamides is 1. The number of nitrogens with one attached hydrogen (secondary N) is 1. The molecule has 1 N–H and O–H groups in total. The number of nitrogens with zero attached hydrogens (tertiary/aromatic N) is 1. The highest BCUT2D eigenvalue weighted by Gasteiger charge is 2.21. The van der Waals surface area contributed by atoms with Gasteiger partial charge in [-0.3, -0.25) is 0 Å². The molecule has 4 nitrogen and oxygen atoms in total. The summed E-state index contributed by atoms with van der Waals surface area (Å²) in [5, 5.41) is 1.95. The highest BCUT2D eigenvalue weighted by atomic mass is 35.5. The largest absolute Gasteiger partial charge is 0.243 e. The molecule has 0 aliphatic carbocycles. The number of hydrogen-bond acceptors (Lipinski definition) is 4. The quantitative estimate of drug-likeness (QED) is 0.863. The van der Waals surface area contributed by atoms with Crippen LogP contribution in [0.2, 0.25) is 5.15 Å². The van der Waals surface area contributed by atoms with Crippen molar-refractivity contribution < 1.29 is 8.42 Å². The molecule has 1 unspecified atom stereocenters. The van der Waals surface area contributed by atoms with Gasteiger partial charge in [0, 0.05) is 17.1 Å².